The maximum Gasteiger partial charge on any atom is 0.339 e. The number of carbonyl (C=O) groups excluding carboxylic acids is 1. The standard InChI is InChI=1S/C13H17NO6S/c1-9-12(13(15)19-3)14(21(16,17)20-9)8-10-4-6-11(18-2)7-5-10/h4-7,9,12H,8H2,1-3H3/t9-,12-/m1/s1. The molecular weight excluding hydrogens is 298 g/mol. The van der Waals surface area contributed by atoms with E-state index in [2.05, 4.69) is 4.74 Å². The van der Waals surface area contributed by atoms with Crippen LogP contribution in [0.3, 0.4) is 0 Å². The predicted molar refractivity (Wildman–Crippen MR) is 73.8 cm³/mol. The van der Waals surface area contributed by atoms with Crippen LogP contribution in [0.15, 0.2) is 24.3 Å². The van der Waals surface area contributed by atoms with Gasteiger partial charge >= 0.3 is 16.3 Å². The molecule has 2 atom stereocenters. The average Bonchev–Trinajstić information content (AvgIpc) is 2.68. The van der Waals surface area contributed by atoms with E-state index in [1.165, 1.54) is 14.0 Å². The summed E-state index contributed by atoms with van der Waals surface area (Å²) in [5.41, 5.74) is 0.714. The number of rotatable bonds is 4. The Morgan fingerprint density at radius 2 is 1.90 bits per heavy atom. The van der Waals surface area contributed by atoms with E-state index in [4.69, 9.17) is 8.92 Å². The molecule has 0 saturated carbocycles. The zero-order valence-electron chi connectivity index (χ0n) is 12.0. The van der Waals surface area contributed by atoms with Crippen molar-refractivity contribution in [2.75, 3.05) is 14.2 Å². The van der Waals surface area contributed by atoms with E-state index >= 15 is 0 Å². The summed E-state index contributed by atoms with van der Waals surface area (Å²) in [5, 5.41) is 0. The molecular formula is C13H17NO6S. The molecule has 1 aromatic carbocycles. The SMILES string of the molecule is COC(=O)[C@H]1[C@@H](C)OS(=O)(=O)N1Cc1ccc(OC)cc1. The third kappa shape index (κ3) is 3.17. The average molecular weight is 315 g/mol. The van der Waals surface area contributed by atoms with Gasteiger partial charge in [-0.25, -0.2) is 0 Å². The number of carbonyl (C=O) groups is 1. The van der Waals surface area contributed by atoms with Crippen molar-refractivity contribution < 1.29 is 26.9 Å². The van der Waals surface area contributed by atoms with Crippen LogP contribution in [-0.4, -0.2) is 45.1 Å². The largest absolute Gasteiger partial charge is 0.497 e. The van der Waals surface area contributed by atoms with Crippen LogP contribution in [0.4, 0.5) is 0 Å². The first kappa shape index (κ1) is 15.7. The maximum absolute atomic E-state index is 12.0. The van der Waals surface area contributed by atoms with Crippen molar-refractivity contribution >= 4 is 16.3 Å². The molecule has 21 heavy (non-hydrogen) atoms. The predicted octanol–water partition coefficient (Wildman–Crippen LogP) is 0.702. The molecule has 7 nitrogen and oxygen atoms in total. The van der Waals surface area contributed by atoms with Gasteiger partial charge in [0.2, 0.25) is 0 Å². The van der Waals surface area contributed by atoms with E-state index < -0.39 is 28.4 Å². The van der Waals surface area contributed by atoms with Gasteiger partial charge in [-0.2, -0.15) is 12.7 Å². The molecule has 0 amide bonds. The second kappa shape index (κ2) is 6.00. The molecule has 116 valence electrons. The monoisotopic (exact) mass is 315 g/mol. The van der Waals surface area contributed by atoms with E-state index in [1.54, 1.807) is 31.4 Å². The molecule has 0 spiro atoms. The van der Waals surface area contributed by atoms with Crippen LogP contribution >= 0.6 is 0 Å². The molecule has 0 bridgehead atoms. The Balaban J connectivity index is 2.27. The third-order valence-corrected chi connectivity index (χ3v) is 4.73. The van der Waals surface area contributed by atoms with E-state index in [1.807, 2.05) is 0 Å². The second-order valence-corrected chi connectivity index (χ2v) is 6.14. The number of methoxy groups -OCH3 is 2. The summed E-state index contributed by atoms with van der Waals surface area (Å²) in [6.07, 6.45) is -0.791. The lowest BCUT2D eigenvalue weighted by Crippen LogP contribution is -2.42. The van der Waals surface area contributed by atoms with Crippen LogP contribution in [0.1, 0.15) is 12.5 Å². The highest BCUT2D eigenvalue weighted by molar-refractivity contribution is 7.84. The molecule has 1 aliphatic heterocycles. The van der Waals surface area contributed by atoms with Crippen molar-refractivity contribution in [3.05, 3.63) is 29.8 Å². The summed E-state index contributed by atoms with van der Waals surface area (Å²) >= 11 is 0. The summed E-state index contributed by atoms with van der Waals surface area (Å²) < 4.78 is 39.6. The molecule has 1 fully saturated rings. The Kier molecular flexibility index (Phi) is 4.50. The molecule has 0 radical (unpaired) electrons. The number of benzene rings is 1. The fourth-order valence-corrected chi connectivity index (χ4v) is 3.63. The van der Waals surface area contributed by atoms with E-state index in [0.717, 1.165) is 4.31 Å². The van der Waals surface area contributed by atoms with Gasteiger partial charge in [-0.15, -0.1) is 0 Å². The summed E-state index contributed by atoms with van der Waals surface area (Å²) in [7, 11) is -1.19. The van der Waals surface area contributed by atoms with Crippen molar-refractivity contribution in [1.82, 2.24) is 4.31 Å². The Morgan fingerprint density at radius 3 is 2.43 bits per heavy atom. The minimum absolute atomic E-state index is 0.0242. The van der Waals surface area contributed by atoms with Crippen LogP contribution in [0.25, 0.3) is 0 Å². The summed E-state index contributed by atoms with van der Waals surface area (Å²) in [6.45, 7) is 1.55. The maximum atomic E-state index is 12.0. The van der Waals surface area contributed by atoms with Gasteiger partial charge in [0.05, 0.1) is 14.2 Å². The van der Waals surface area contributed by atoms with Crippen LogP contribution < -0.4 is 4.74 Å². The van der Waals surface area contributed by atoms with Gasteiger partial charge in [0.25, 0.3) is 0 Å². The van der Waals surface area contributed by atoms with Gasteiger partial charge in [-0.1, -0.05) is 12.1 Å². The van der Waals surface area contributed by atoms with E-state index in [0.29, 0.717) is 11.3 Å². The Hall–Kier alpha value is -1.64. The Labute approximate surface area is 123 Å². The van der Waals surface area contributed by atoms with Gasteiger partial charge < -0.3 is 9.47 Å². The number of ether oxygens (including phenoxy) is 2. The minimum atomic E-state index is -3.95. The minimum Gasteiger partial charge on any atom is -0.497 e. The molecule has 1 saturated heterocycles. The first-order valence-corrected chi connectivity index (χ1v) is 7.66. The Morgan fingerprint density at radius 1 is 1.29 bits per heavy atom. The lowest BCUT2D eigenvalue weighted by atomic mass is 10.1. The smallest absolute Gasteiger partial charge is 0.339 e. The van der Waals surface area contributed by atoms with Crippen molar-refractivity contribution in [3.63, 3.8) is 0 Å². The second-order valence-electron chi connectivity index (χ2n) is 4.62. The van der Waals surface area contributed by atoms with Crippen LogP contribution in [0.5, 0.6) is 5.75 Å². The normalized spacial score (nSPS) is 24.7. The first-order chi connectivity index (χ1) is 9.89. The molecule has 1 heterocycles. The van der Waals surface area contributed by atoms with Gasteiger partial charge in [0.1, 0.15) is 11.9 Å². The van der Waals surface area contributed by atoms with Gasteiger partial charge in [0.15, 0.2) is 6.04 Å². The molecule has 0 unspecified atom stereocenters. The summed E-state index contributed by atoms with van der Waals surface area (Å²) in [6, 6.07) is 5.91. The highest BCUT2D eigenvalue weighted by atomic mass is 32.2. The fourth-order valence-electron chi connectivity index (χ4n) is 2.19. The Bertz CT molecular complexity index is 612. The first-order valence-electron chi connectivity index (χ1n) is 6.30. The van der Waals surface area contributed by atoms with Crippen molar-refractivity contribution in [2.24, 2.45) is 0 Å². The highest BCUT2D eigenvalue weighted by Gasteiger charge is 2.48. The van der Waals surface area contributed by atoms with E-state index in [9.17, 15) is 13.2 Å². The van der Waals surface area contributed by atoms with Crippen LogP contribution in [0, 0.1) is 0 Å². The molecule has 0 aliphatic carbocycles. The van der Waals surface area contributed by atoms with Gasteiger partial charge in [-0.05, 0) is 24.6 Å². The van der Waals surface area contributed by atoms with Gasteiger partial charge in [0, 0.05) is 6.54 Å². The third-order valence-electron chi connectivity index (χ3n) is 3.26. The lowest BCUT2D eigenvalue weighted by molar-refractivity contribution is -0.146. The van der Waals surface area contributed by atoms with Crippen molar-refractivity contribution in [2.45, 2.75) is 25.6 Å². The number of hydrogen-bond acceptors (Lipinski definition) is 6. The molecule has 1 aromatic rings. The quantitative estimate of drug-likeness (QED) is 0.761. The molecule has 2 rings (SSSR count). The fraction of sp³-hybridized carbons (Fsp3) is 0.462. The number of esters is 1. The number of hydrogen-bond donors (Lipinski definition) is 0. The van der Waals surface area contributed by atoms with Gasteiger partial charge in [-0.3, -0.25) is 8.98 Å². The molecule has 0 aromatic heterocycles. The van der Waals surface area contributed by atoms with Crippen LogP contribution in [-0.2, 0) is 30.6 Å². The summed E-state index contributed by atoms with van der Waals surface area (Å²) in [5.74, 6) is 0.0225. The molecule has 0 N–H and O–H groups in total. The number of nitrogens with zero attached hydrogens (tertiary/aromatic N) is 1. The molecule has 8 heteroatoms. The summed E-state index contributed by atoms with van der Waals surface area (Å²) in [4.78, 5) is 11.8. The lowest BCUT2D eigenvalue weighted by Gasteiger charge is -2.20. The van der Waals surface area contributed by atoms with Crippen molar-refractivity contribution in [3.8, 4) is 5.75 Å². The van der Waals surface area contributed by atoms with Crippen molar-refractivity contribution in [1.29, 1.82) is 0 Å². The van der Waals surface area contributed by atoms with Crippen LogP contribution in [0.2, 0.25) is 0 Å². The van der Waals surface area contributed by atoms with E-state index in [-0.39, 0.29) is 6.54 Å². The zero-order chi connectivity index (χ0) is 15.6. The topological polar surface area (TPSA) is 82.1 Å². The highest BCUT2D eigenvalue weighted by Crippen LogP contribution is 2.28. The zero-order valence-corrected chi connectivity index (χ0v) is 12.8. The molecule has 1 aliphatic rings.